The van der Waals surface area contributed by atoms with Gasteiger partial charge in [0.1, 0.15) is 12.2 Å². The van der Waals surface area contributed by atoms with Crippen LogP contribution in [0.15, 0.2) is 0 Å². The van der Waals surface area contributed by atoms with Crippen LogP contribution in [0.3, 0.4) is 0 Å². The summed E-state index contributed by atoms with van der Waals surface area (Å²) in [6, 6.07) is 0. The van der Waals surface area contributed by atoms with Gasteiger partial charge in [0.05, 0.1) is 19.8 Å². The van der Waals surface area contributed by atoms with E-state index in [2.05, 4.69) is 18.7 Å². The Hall–Kier alpha value is -0.480. The molecule has 2 aliphatic carbocycles. The SMILES string of the molecule is CCCCCCC(CSCCCCCCCN(CCCCCCCSCC(CCCCCC)OC(=O)CCC1CCCCC1)CCOCCO)OC(=O)CCC1CCCCC1. The molecule has 360 valence electrons. The molecule has 0 aromatic rings. The normalized spacial score (nSPS) is 16.3. The fraction of sp³-hybridized carbons (Fsp3) is 0.962. The third kappa shape index (κ3) is 34.5. The number of rotatable bonds is 43. The molecule has 2 fully saturated rings. The number of thioether (sulfide) groups is 2. The summed E-state index contributed by atoms with van der Waals surface area (Å²) < 4.78 is 17.8. The van der Waals surface area contributed by atoms with Crippen molar-refractivity contribution in [3.05, 3.63) is 0 Å². The quantitative estimate of drug-likeness (QED) is 0.0475. The van der Waals surface area contributed by atoms with E-state index in [-0.39, 0.29) is 30.8 Å². The van der Waals surface area contributed by atoms with Gasteiger partial charge in [0.2, 0.25) is 0 Å². The third-order valence-electron chi connectivity index (χ3n) is 13.2. The second-order valence-corrected chi connectivity index (χ2v) is 21.2. The van der Waals surface area contributed by atoms with Gasteiger partial charge in [-0.3, -0.25) is 9.59 Å². The monoisotopic (exact) mass is 898 g/mol. The van der Waals surface area contributed by atoms with E-state index in [1.165, 1.54) is 180 Å². The fourth-order valence-corrected chi connectivity index (χ4v) is 11.4. The Morgan fingerprint density at radius 3 is 1.41 bits per heavy atom. The Labute approximate surface area is 386 Å². The number of aliphatic hydroxyl groups excluding tert-OH is 1. The lowest BCUT2D eigenvalue weighted by atomic mass is 9.86. The molecular weight excluding hydrogens is 799 g/mol. The summed E-state index contributed by atoms with van der Waals surface area (Å²) in [6.45, 7) is 8.92. The van der Waals surface area contributed by atoms with Crippen LogP contribution >= 0.6 is 23.5 Å². The van der Waals surface area contributed by atoms with E-state index < -0.39 is 0 Å². The van der Waals surface area contributed by atoms with E-state index >= 15 is 0 Å². The van der Waals surface area contributed by atoms with Crippen LogP contribution in [0.25, 0.3) is 0 Å². The molecule has 2 saturated carbocycles. The molecule has 0 aliphatic heterocycles. The smallest absolute Gasteiger partial charge is 0.306 e. The average molecular weight is 898 g/mol. The molecule has 0 heterocycles. The molecule has 0 radical (unpaired) electrons. The van der Waals surface area contributed by atoms with Gasteiger partial charge in [-0.15, -0.1) is 0 Å². The van der Waals surface area contributed by atoms with E-state index in [9.17, 15) is 9.59 Å². The molecule has 2 atom stereocenters. The molecule has 0 amide bonds. The van der Waals surface area contributed by atoms with E-state index in [1.54, 1.807) is 0 Å². The van der Waals surface area contributed by atoms with Gasteiger partial charge in [-0.2, -0.15) is 23.5 Å². The van der Waals surface area contributed by atoms with Gasteiger partial charge in [-0.25, -0.2) is 0 Å². The maximum Gasteiger partial charge on any atom is 0.306 e. The van der Waals surface area contributed by atoms with Gasteiger partial charge in [0.15, 0.2) is 0 Å². The molecule has 1 N–H and O–H groups in total. The molecule has 7 nitrogen and oxygen atoms in total. The Kier molecular flexibility index (Phi) is 39.2. The molecule has 9 heteroatoms. The summed E-state index contributed by atoms with van der Waals surface area (Å²) in [5.41, 5.74) is 0. The van der Waals surface area contributed by atoms with Crippen LogP contribution in [0.2, 0.25) is 0 Å². The second kappa shape index (κ2) is 42.2. The summed E-state index contributed by atoms with van der Waals surface area (Å²) in [5, 5.41) is 9.16. The van der Waals surface area contributed by atoms with Crippen molar-refractivity contribution in [1.29, 1.82) is 0 Å². The van der Waals surface area contributed by atoms with Crippen LogP contribution in [-0.4, -0.2) is 96.6 Å². The minimum atomic E-state index is 0.0413. The summed E-state index contributed by atoms with van der Waals surface area (Å²) in [5.74, 6) is 5.77. The highest BCUT2D eigenvalue weighted by Gasteiger charge is 2.20. The lowest BCUT2D eigenvalue weighted by Gasteiger charge is -2.22. The highest BCUT2D eigenvalue weighted by Crippen LogP contribution is 2.29. The van der Waals surface area contributed by atoms with Crippen molar-refractivity contribution >= 4 is 35.5 Å². The molecule has 2 aliphatic rings. The predicted octanol–water partition coefficient (Wildman–Crippen LogP) is 14.2. The number of unbranched alkanes of at least 4 members (excludes halogenated alkanes) is 14. The number of esters is 2. The maximum atomic E-state index is 12.7. The molecule has 61 heavy (non-hydrogen) atoms. The highest BCUT2D eigenvalue weighted by atomic mass is 32.2. The van der Waals surface area contributed by atoms with Crippen LogP contribution in [0.4, 0.5) is 0 Å². The number of hydrogen-bond donors (Lipinski definition) is 1. The maximum absolute atomic E-state index is 12.7. The number of carbonyl (C=O) groups excluding carboxylic acids is 2. The van der Waals surface area contributed by atoms with Crippen molar-refractivity contribution in [2.75, 3.05) is 62.5 Å². The standard InChI is InChI=1S/C52H99NO6S2/c1-3-5-7-21-31-49(58-51(55)35-33-47-27-17-15-18-28-47)45-60-43-25-13-9-11-23-37-53(39-41-57-42-40-54)38-24-12-10-14-26-44-61-46-50(32-22-8-6-4-2)59-52(56)36-34-48-29-19-16-20-30-48/h47-50,54H,3-46H2,1-2H3. The van der Waals surface area contributed by atoms with Crippen molar-refractivity contribution in [2.45, 2.75) is 244 Å². The summed E-state index contributed by atoms with van der Waals surface area (Å²) in [7, 11) is 0. The van der Waals surface area contributed by atoms with Gasteiger partial charge < -0.3 is 24.2 Å². The first-order valence-electron chi connectivity index (χ1n) is 26.5. The molecular formula is C52H99NO6S2. The zero-order chi connectivity index (χ0) is 43.7. The van der Waals surface area contributed by atoms with Crippen LogP contribution in [-0.2, 0) is 23.8 Å². The zero-order valence-corrected chi connectivity index (χ0v) is 41.8. The molecule has 2 unspecified atom stereocenters. The van der Waals surface area contributed by atoms with Crippen molar-refractivity contribution in [3.63, 3.8) is 0 Å². The Morgan fingerprint density at radius 2 is 0.967 bits per heavy atom. The molecule has 0 bridgehead atoms. The molecule has 0 spiro atoms. The van der Waals surface area contributed by atoms with E-state index in [4.69, 9.17) is 19.3 Å². The summed E-state index contributed by atoms with van der Waals surface area (Å²) >= 11 is 3.98. The molecule has 0 aromatic heterocycles. The van der Waals surface area contributed by atoms with Gasteiger partial charge in [-0.1, -0.05) is 155 Å². The number of nitrogens with zero attached hydrogens (tertiary/aromatic N) is 1. The number of ether oxygens (including phenoxy) is 3. The highest BCUT2D eigenvalue weighted by molar-refractivity contribution is 7.99. The number of carbonyl (C=O) groups is 2. The second-order valence-electron chi connectivity index (χ2n) is 18.9. The molecule has 0 aromatic carbocycles. The van der Waals surface area contributed by atoms with Crippen LogP contribution in [0.5, 0.6) is 0 Å². The largest absolute Gasteiger partial charge is 0.461 e. The van der Waals surface area contributed by atoms with E-state index in [0.717, 1.165) is 80.2 Å². The van der Waals surface area contributed by atoms with Crippen molar-refractivity contribution in [1.82, 2.24) is 4.90 Å². The van der Waals surface area contributed by atoms with Gasteiger partial charge in [-0.05, 0) is 101 Å². The van der Waals surface area contributed by atoms with E-state index in [1.807, 2.05) is 23.5 Å². The van der Waals surface area contributed by atoms with Crippen molar-refractivity contribution in [3.8, 4) is 0 Å². The lowest BCUT2D eigenvalue weighted by molar-refractivity contribution is -0.149. The first-order valence-corrected chi connectivity index (χ1v) is 28.8. The van der Waals surface area contributed by atoms with Gasteiger partial charge >= 0.3 is 11.9 Å². The van der Waals surface area contributed by atoms with Crippen LogP contribution < -0.4 is 0 Å². The zero-order valence-electron chi connectivity index (χ0n) is 40.2. The summed E-state index contributed by atoms with van der Waals surface area (Å²) in [6.07, 6.45) is 41.2. The van der Waals surface area contributed by atoms with Gasteiger partial charge in [0.25, 0.3) is 0 Å². The molecule has 2 rings (SSSR count). The first kappa shape index (κ1) is 56.6. The Balaban J connectivity index is 1.56. The van der Waals surface area contributed by atoms with Gasteiger partial charge in [0, 0.05) is 30.9 Å². The minimum Gasteiger partial charge on any atom is -0.461 e. The first-order chi connectivity index (χ1) is 30.0. The topological polar surface area (TPSA) is 85.3 Å². The van der Waals surface area contributed by atoms with Crippen LogP contribution in [0.1, 0.15) is 232 Å². The summed E-state index contributed by atoms with van der Waals surface area (Å²) in [4.78, 5) is 28.1. The fourth-order valence-electron chi connectivity index (χ4n) is 9.30. The average Bonchev–Trinajstić information content (AvgIpc) is 3.28. The minimum absolute atomic E-state index is 0.0413. The Bertz CT molecular complexity index is 908. The predicted molar refractivity (Wildman–Crippen MR) is 264 cm³/mol. The van der Waals surface area contributed by atoms with Crippen LogP contribution in [0, 0.1) is 11.8 Å². The van der Waals surface area contributed by atoms with Crippen molar-refractivity contribution in [2.24, 2.45) is 11.8 Å². The van der Waals surface area contributed by atoms with E-state index in [0.29, 0.717) is 26.1 Å². The third-order valence-corrected chi connectivity index (χ3v) is 15.6. The molecule has 0 saturated heterocycles. The Morgan fingerprint density at radius 1 is 0.541 bits per heavy atom. The van der Waals surface area contributed by atoms with Crippen molar-refractivity contribution < 1.29 is 28.9 Å². The number of aliphatic hydroxyl groups is 1. The number of hydrogen-bond acceptors (Lipinski definition) is 9. The lowest BCUT2D eigenvalue weighted by Crippen LogP contribution is -2.30.